The molecule has 1 saturated heterocycles. The van der Waals surface area contributed by atoms with E-state index in [1.54, 1.807) is 30.1 Å². The van der Waals surface area contributed by atoms with Gasteiger partial charge in [-0.1, -0.05) is 81.3 Å². The zero-order valence-electron chi connectivity index (χ0n) is 26.4. The van der Waals surface area contributed by atoms with E-state index in [4.69, 9.17) is 9.47 Å². The molecule has 2 aromatic carbocycles. The Hall–Kier alpha value is -3.43. The van der Waals surface area contributed by atoms with Crippen molar-refractivity contribution in [2.45, 2.75) is 83.3 Å². The molecule has 0 unspecified atom stereocenters. The maximum Gasteiger partial charge on any atom is 0.255 e. The Balaban J connectivity index is 1.41. The van der Waals surface area contributed by atoms with E-state index in [2.05, 4.69) is 27.7 Å². The van der Waals surface area contributed by atoms with Gasteiger partial charge in [0.2, 0.25) is 11.8 Å². The highest BCUT2D eigenvalue weighted by Crippen LogP contribution is 2.20. The molecule has 9 nitrogen and oxygen atoms in total. The fourth-order valence-electron chi connectivity index (χ4n) is 5.64. The summed E-state index contributed by atoms with van der Waals surface area (Å²) in [5.74, 6) is -0.507. The molecule has 0 spiro atoms. The highest BCUT2D eigenvalue weighted by atomic mass is 16.5. The zero-order chi connectivity index (χ0) is 31.0. The Labute approximate surface area is 262 Å². The van der Waals surface area contributed by atoms with Gasteiger partial charge in [0.25, 0.3) is 5.91 Å². The van der Waals surface area contributed by atoms with E-state index >= 15 is 0 Å². The van der Waals surface area contributed by atoms with Crippen LogP contribution in [0.4, 0.5) is 0 Å². The lowest BCUT2D eigenvalue weighted by Gasteiger charge is -2.26. The summed E-state index contributed by atoms with van der Waals surface area (Å²) in [5, 5.41) is 5.79. The lowest BCUT2D eigenvalue weighted by Crippen LogP contribution is -2.49. The number of nitrogens with one attached hydrogen (secondary N) is 2. The van der Waals surface area contributed by atoms with Crippen LogP contribution in [0.25, 0.3) is 0 Å². The molecule has 0 bridgehead atoms. The molecule has 0 saturated carbocycles. The Morgan fingerprint density at radius 3 is 2.18 bits per heavy atom. The van der Waals surface area contributed by atoms with Crippen LogP contribution in [0.2, 0.25) is 0 Å². The Morgan fingerprint density at radius 2 is 1.45 bits per heavy atom. The van der Waals surface area contributed by atoms with Crippen LogP contribution in [0.5, 0.6) is 5.75 Å². The fraction of sp³-hybridized carbons (Fsp3) is 0.571. The van der Waals surface area contributed by atoms with E-state index in [-0.39, 0.29) is 12.3 Å². The van der Waals surface area contributed by atoms with Gasteiger partial charge in [-0.3, -0.25) is 19.3 Å². The second-order valence-corrected chi connectivity index (χ2v) is 12.0. The zero-order valence-corrected chi connectivity index (χ0v) is 26.4. The number of para-hydroxylation sites is 1. The van der Waals surface area contributed by atoms with Crippen molar-refractivity contribution < 1.29 is 23.9 Å². The second-order valence-electron chi connectivity index (χ2n) is 12.0. The van der Waals surface area contributed by atoms with E-state index < -0.39 is 17.9 Å². The number of amides is 3. The molecule has 0 aromatic heterocycles. The van der Waals surface area contributed by atoms with Crippen molar-refractivity contribution in [2.75, 3.05) is 46.5 Å². The van der Waals surface area contributed by atoms with Gasteiger partial charge in [0, 0.05) is 39.8 Å². The van der Waals surface area contributed by atoms with Crippen LogP contribution >= 0.6 is 0 Å². The first-order valence-electron chi connectivity index (χ1n) is 16.4. The van der Waals surface area contributed by atoms with Crippen molar-refractivity contribution in [2.24, 2.45) is 0 Å². The molecular weight excluding hydrogens is 556 g/mol. The Morgan fingerprint density at radius 1 is 0.818 bits per heavy atom. The molecule has 2 aliphatic rings. The minimum absolute atomic E-state index is 0.115. The van der Waals surface area contributed by atoms with E-state index in [1.165, 1.54) is 31.2 Å². The Bertz CT molecular complexity index is 1180. The number of nitrogens with zero attached hydrogens (tertiary/aromatic N) is 2. The number of rotatable bonds is 5. The normalized spacial score (nSPS) is 20.6. The summed E-state index contributed by atoms with van der Waals surface area (Å²) in [6.07, 6.45) is 9.92. The van der Waals surface area contributed by atoms with Crippen molar-refractivity contribution >= 4 is 17.7 Å². The smallest absolute Gasteiger partial charge is 0.255 e. The number of fused-ring (bicyclic) bond motifs is 1. The second kappa shape index (κ2) is 18.4. The van der Waals surface area contributed by atoms with Crippen LogP contribution in [0, 0.1) is 0 Å². The van der Waals surface area contributed by atoms with Gasteiger partial charge < -0.3 is 25.0 Å². The molecule has 3 amide bonds. The summed E-state index contributed by atoms with van der Waals surface area (Å²) in [7, 11) is 1.77. The molecule has 0 aliphatic carbocycles. The quantitative estimate of drug-likeness (QED) is 0.513. The summed E-state index contributed by atoms with van der Waals surface area (Å²) in [6, 6.07) is 14.2. The molecule has 1 atom stereocenters. The van der Waals surface area contributed by atoms with Gasteiger partial charge >= 0.3 is 0 Å². The molecule has 240 valence electrons. The van der Waals surface area contributed by atoms with Crippen LogP contribution in [0.15, 0.2) is 48.5 Å². The molecular formula is C35H50N4O5. The summed E-state index contributed by atoms with van der Waals surface area (Å²) in [5.41, 5.74) is 2.51. The molecule has 2 N–H and O–H groups in total. The van der Waals surface area contributed by atoms with Gasteiger partial charge in [0.1, 0.15) is 11.8 Å². The number of carbonyl (C=O) groups is 3. The first-order chi connectivity index (χ1) is 21.5. The first-order valence-corrected chi connectivity index (χ1v) is 16.4. The number of hydrogen-bond acceptors (Lipinski definition) is 6. The fourth-order valence-corrected chi connectivity index (χ4v) is 5.64. The van der Waals surface area contributed by atoms with Gasteiger partial charge in [-0.2, -0.15) is 0 Å². The largest absolute Gasteiger partial charge is 0.493 e. The molecule has 1 fully saturated rings. The van der Waals surface area contributed by atoms with Crippen molar-refractivity contribution in [3.05, 3.63) is 65.2 Å². The van der Waals surface area contributed by atoms with Crippen LogP contribution < -0.4 is 15.4 Å². The molecule has 2 aromatic rings. The van der Waals surface area contributed by atoms with Gasteiger partial charge in [0.15, 0.2) is 0 Å². The van der Waals surface area contributed by atoms with E-state index in [9.17, 15) is 14.4 Å². The number of ether oxygens (including phenoxy) is 2. The van der Waals surface area contributed by atoms with E-state index in [1.807, 2.05) is 18.2 Å². The average Bonchev–Trinajstić information content (AvgIpc) is 3.04. The highest BCUT2D eigenvalue weighted by Gasteiger charge is 2.27. The summed E-state index contributed by atoms with van der Waals surface area (Å²) in [6.45, 7) is 5.71. The molecule has 9 heteroatoms. The monoisotopic (exact) mass is 606 g/mol. The summed E-state index contributed by atoms with van der Waals surface area (Å²) >= 11 is 0. The molecule has 2 aliphatic heterocycles. The van der Waals surface area contributed by atoms with Crippen molar-refractivity contribution in [1.82, 2.24) is 20.4 Å². The van der Waals surface area contributed by atoms with Crippen LogP contribution in [-0.4, -0.2) is 80.1 Å². The first kappa shape index (κ1) is 33.5. The third-order valence-corrected chi connectivity index (χ3v) is 8.45. The van der Waals surface area contributed by atoms with Gasteiger partial charge in [-0.05, 0) is 36.1 Å². The van der Waals surface area contributed by atoms with Gasteiger partial charge in [-0.15, -0.1) is 0 Å². The predicted octanol–water partition coefficient (Wildman–Crippen LogP) is 4.69. The predicted molar refractivity (Wildman–Crippen MR) is 171 cm³/mol. The van der Waals surface area contributed by atoms with E-state index in [0.717, 1.165) is 70.5 Å². The van der Waals surface area contributed by atoms with Crippen LogP contribution in [0.1, 0.15) is 85.7 Å². The lowest BCUT2D eigenvalue weighted by atomic mass is 10.1. The minimum Gasteiger partial charge on any atom is -0.493 e. The van der Waals surface area contributed by atoms with Crippen molar-refractivity contribution in [1.29, 1.82) is 0 Å². The van der Waals surface area contributed by atoms with Crippen molar-refractivity contribution in [3.8, 4) is 5.75 Å². The van der Waals surface area contributed by atoms with Gasteiger partial charge in [0.05, 0.1) is 31.8 Å². The Kier molecular flexibility index (Phi) is 14.0. The molecule has 44 heavy (non-hydrogen) atoms. The lowest BCUT2D eigenvalue weighted by molar-refractivity contribution is -0.133. The number of benzene rings is 2. The standard InChI is InChI=1S/C35H50N4O5/c1-38-19-11-7-5-3-2-4-6-8-12-22-44-32-14-10-9-13-30(32)34(41)37-31(25-33(38)40)35(42)36-26-28-15-17-29(18-16-28)27-39-20-23-43-24-21-39/h9-10,13-18,31H,2-8,11-12,19-27H2,1H3,(H,36,42)(H,37,41)/t31-/m0/s1. The maximum absolute atomic E-state index is 13.5. The number of morpholine rings is 1. The maximum atomic E-state index is 13.5. The number of hydrogen-bond donors (Lipinski definition) is 2. The number of carbonyl (C=O) groups excluding carboxylic acids is 3. The molecule has 2 heterocycles. The average molecular weight is 607 g/mol. The molecule has 0 radical (unpaired) electrons. The van der Waals surface area contributed by atoms with Crippen LogP contribution in [-0.2, 0) is 27.4 Å². The summed E-state index contributed by atoms with van der Waals surface area (Å²) < 4.78 is 11.4. The third-order valence-electron chi connectivity index (χ3n) is 8.45. The molecule has 4 rings (SSSR count). The van der Waals surface area contributed by atoms with Crippen molar-refractivity contribution in [3.63, 3.8) is 0 Å². The summed E-state index contributed by atoms with van der Waals surface area (Å²) in [4.78, 5) is 44.1. The van der Waals surface area contributed by atoms with Gasteiger partial charge in [-0.25, -0.2) is 0 Å². The van der Waals surface area contributed by atoms with Crippen LogP contribution in [0.3, 0.4) is 0 Å². The SMILES string of the molecule is CN1CCCCCCCCCCCOc2ccccc2C(=O)N[C@H](C(=O)NCc2ccc(CN3CCOCC3)cc2)CC1=O. The minimum atomic E-state index is -1.02. The van der Waals surface area contributed by atoms with E-state index in [0.29, 0.717) is 31.0 Å². The third kappa shape index (κ3) is 11.2. The highest BCUT2D eigenvalue weighted by molar-refractivity contribution is 6.00. The topological polar surface area (TPSA) is 100 Å².